The van der Waals surface area contributed by atoms with E-state index in [9.17, 15) is 0 Å². The number of nitrogens with zero attached hydrogens (tertiary/aromatic N) is 1. The Morgan fingerprint density at radius 3 is 2.35 bits per heavy atom. The van der Waals surface area contributed by atoms with Crippen LogP contribution in [0.25, 0.3) is 11.1 Å². The third kappa shape index (κ3) is 2.21. The molecule has 2 nitrogen and oxygen atoms in total. The van der Waals surface area contributed by atoms with Crippen molar-refractivity contribution in [2.24, 2.45) is 0 Å². The average Bonchev–Trinajstić information content (AvgIpc) is 2.69. The Bertz CT molecular complexity index is 523. The lowest BCUT2D eigenvalue weighted by Gasteiger charge is -2.10. The molecular formula is C15H21NO. The summed E-state index contributed by atoms with van der Waals surface area (Å²) in [4.78, 5) is 4.69. The first-order chi connectivity index (χ1) is 8.02. The predicted molar refractivity (Wildman–Crippen MR) is 71.6 cm³/mol. The molecule has 0 aromatic carbocycles. The van der Waals surface area contributed by atoms with Gasteiger partial charge in [-0.25, -0.2) is 4.98 Å². The fraction of sp³-hybridized carbons (Fsp3) is 0.533. The second-order valence-corrected chi connectivity index (χ2v) is 5.23. The minimum atomic E-state index is 0.455. The number of aryl methyl sites for hydroxylation is 1. The summed E-state index contributed by atoms with van der Waals surface area (Å²) in [5.41, 5.74) is 4.42. The van der Waals surface area contributed by atoms with Gasteiger partial charge in [0.25, 0.3) is 0 Å². The summed E-state index contributed by atoms with van der Waals surface area (Å²) in [5, 5.41) is 0. The molecular weight excluding hydrogens is 210 g/mol. The van der Waals surface area contributed by atoms with Crippen molar-refractivity contribution >= 4 is 11.1 Å². The van der Waals surface area contributed by atoms with Crippen molar-refractivity contribution in [2.45, 2.75) is 52.9 Å². The van der Waals surface area contributed by atoms with Crippen molar-refractivity contribution in [3.05, 3.63) is 29.2 Å². The molecule has 0 saturated heterocycles. The van der Waals surface area contributed by atoms with Crippen molar-refractivity contribution in [1.82, 2.24) is 4.98 Å². The van der Waals surface area contributed by atoms with Gasteiger partial charge in [0.1, 0.15) is 11.3 Å². The Balaban J connectivity index is 2.69. The maximum Gasteiger partial charge on any atom is 0.156 e. The zero-order valence-electron chi connectivity index (χ0n) is 11.4. The molecule has 17 heavy (non-hydrogen) atoms. The smallest absolute Gasteiger partial charge is 0.156 e. The fourth-order valence-corrected chi connectivity index (χ4v) is 2.02. The van der Waals surface area contributed by atoms with Gasteiger partial charge >= 0.3 is 0 Å². The van der Waals surface area contributed by atoms with Crippen LogP contribution in [0.3, 0.4) is 0 Å². The van der Waals surface area contributed by atoms with Gasteiger partial charge in [0.05, 0.1) is 0 Å². The van der Waals surface area contributed by atoms with Gasteiger partial charge in [-0.1, -0.05) is 34.6 Å². The van der Waals surface area contributed by atoms with Crippen LogP contribution in [0.15, 0.2) is 16.5 Å². The first-order valence-corrected chi connectivity index (χ1v) is 6.46. The molecule has 0 fully saturated rings. The quantitative estimate of drug-likeness (QED) is 0.769. The summed E-state index contributed by atoms with van der Waals surface area (Å²) in [6.07, 6.45) is 0.922. The van der Waals surface area contributed by atoms with Crippen LogP contribution in [0.1, 0.15) is 63.5 Å². The van der Waals surface area contributed by atoms with Gasteiger partial charge in [0, 0.05) is 23.7 Å². The number of fused-ring (bicyclic) bond motifs is 1. The number of pyridine rings is 1. The molecule has 2 heterocycles. The van der Waals surface area contributed by atoms with Crippen LogP contribution in [0.2, 0.25) is 0 Å². The first-order valence-electron chi connectivity index (χ1n) is 6.46. The molecule has 0 aliphatic heterocycles. The maximum atomic E-state index is 5.88. The van der Waals surface area contributed by atoms with E-state index < -0.39 is 0 Å². The van der Waals surface area contributed by atoms with E-state index in [-0.39, 0.29) is 0 Å². The number of furan rings is 1. The van der Waals surface area contributed by atoms with Crippen LogP contribution in [0.4, 0.5) is 0 Å². The molecule has 0 aliphatic carbocycles. The van der Waals surface area contributed by atoms with Crippen LogP contribution in [-0.2, 0) is 6.42 Å². The average molecular weight is 231 g/mol. The summed E-state index contributed by atoms with van der Waals surface area (Å²) in [7, 11) is 0. The first kappa shape index (κ1) is 12.2. The summed E-state index contributed by atoms with van der Waals surface area (Å²) in [6, 6.07) is 4.27. The van der Waals surface area contributed by atoms with E-state index in [4.69, 9.17) is 9.40 Å². The van der Waals surface area contributed by atoms with Crippen LogP contribution in [-0.4, -0.2) is 4.98 Å². The van der Waals surface area contributed by atoms with Crippen LogP contribution in [0.5, 0.6) is 0 Å². The van der Waals surface area contributed by atoms with E-state index in [0.717, 1.165) is 29.0 Å². The van der Waals surface area contributed by atoms with Gasteiger partial charge < -0.3 is 4.42 Å². The Kier molecular flexibility index (Phi) is 3.23. The van der Waals surface area contributed by atoms with E-state index in [1.807, 2.05) is 0 Å². The lowest BCUT2D eigenvalue weighted by molar-refractivity contribution is 0.550. The predicted octanol–water partition coefficient (Wildman–Crippen LogP) is 4.64. The second-order valence-electron chi connectivity index (χ2n) is 5.23. The Morgan fingerprint density at radius 1 is 1.12 bits per heavy atom. The van der Waals surface area contributed by atoms with E-state index in [1.54, 1.807) is 0 Å². The minimum absolute atomic E-state index is 0.455. The highest BCUT2D eigenvalue weighted by molar-refractivity contribution is 5.78. The standard InChI is InChI=1S/C15H21NO/c1-6-11-7-14-15(17-11)12(9(2)3)8-13(16-14)10(4)5/h7-10H,6H2,1-5H3. The molecule has 2 aromatic heterocycles. The van der Waals surface area contributed by atoms with Gasteiger partial charge in [-0.05, 0) is 17.9 Å². The highest BCUT2D eigenvalue weighted by Gasteiger charge is 2.15. The monoisotopic (exact) mass is 231 g/mol. The number of rotatable bonds is 3. The molecule has 0 N–H and O–H groups in total. The van der Waals surface area contributed by atoms with Crippen LogP contribution in [0, 0.1) is 0 Å². The maximum absolute atomic E-state index is 5.88. The molecule has 2 aromatic rings. The van der Waals surface area contributed by atoms with Crippen LogP contribution < -0.4 is 0 Å². The molecule has 2 rings (SSSR count). The highest BCUT2D eigenvalue weighted by atomic mass is 16.3. The zero-order chi connectivity index (χ0) is 12.6. The minimum Gasteiger partial charge on any atom is -0.459 e. The molecule has 92 valence electrons. The molecule has 0 unspecified atom stereocenters. The normalized spacial score (nSPS) is 11.9. The Hall–Kier alpha value is -1.31. The van der Waals surface area contributed by atoms with Gasteiger partial charge in [0.15, 0.2) is 5.58 Å². The Morgan fingerprint density at radius 2 is 1.82 bits per heavy atom. The third-order valence-corrected chi connectivity index (χ3v) is 3.14. The summed E-state index contributed by atoms with van der Waals surface area (Å²) < 4.78 is 5.88. The van der Waals surface area contributed by atoms with Crippen molar-refractivity contribution in [2.75, 3.05) is 0 Å². The van der Waals surface area contributed by atoms with Crippen molar-refractivity contribution in [3.63, 3.8) is 0 Å². The summed E-state index contributed by atoms with van der Waals surface area (Å²) >= 11 is 0. The topological polar surface area (TPSA) is 26.0 Å². The fourth-order valence-electron chi connectivity index (χ4n) is 2.02. The van der Waals surface area contributed by atoms with E-state index >= 15 is 0 Å². The number of aromatic nitrogens is 1. The van der Waals surface area contributed by atoms with Crippen molar-refractivity contribution < 1.29 is 4.42 Å². The molecule has 0 atom stereocenters. The molecule has 0 bridgehead atoms. The van der Waals surface area contributed by atoms with Crippen LogP contribution >= 0.6 is 0 Å². The largest absolute Gasteiger partial charge is 0.459 e. The highest BCUT2D eigenvalue weighted by Crippen LogP contribution is 2.30. The van der Waals surface area contributed by atoms with E-state index in [1.165, 1.54) is 5.56 Å². The molecule has 0 amide bonds. The van der Waals surface area contributed by atoms with Gasteiger partial charge in [-0.3, -0.25) is 0 Å². The second kappa shape index (κ2) is 4.52. The van der Waals surface area contributed by atoms with E-state index in [2.05, 4.69) is 46.8 Å². The SMILES string of the molecule is CCc1cc2nc(C(C)C)cc(C(C)C)c2o1. The molecule has 0 saturated carbocycles. The third-order valence-electron chi connectivity index (χ3n) is 3.14. The van der Waals surface area contributed by atoms with E-state index in [0.29, 0.717) is 11.8 Å². The van der Waals surface area contributed by atoms with Gasteiger partial charge in [0.2, 0.25) is 0 Å². The van der Waals surface area contributed by atoms with Crippen molar-refractivity contribution in [3.8, 4) is 0 Å². The lowest BCUT2D eigenvalue weighted by atomic mass is 9.99. The lowest BCUT2D eigenvalue weighted by Crippen LogP contribution is -1.97. The number of hydrogen-bond donors (Lipinski definition) is 0. The summed E-state index contributed by atoms with van der Waals surface area (Å²) in [5.74, 6) is 1.95. The van der Waals surface area contributed by atoms with Crippen molar-refractivity contribution in [1.29, 1.82) is 0 Å². The molecule has 0 aliphatic rings. The van der Waals surface area contributed by atoms with Gasteiger partial charge in [-0.2, -0.15) is 0 Å². The summed E-state index contributed by atoms with van der Waals surface area (Å²) in [6.45, 7) is 10.9. The van der Waals surface area contributed by atoms with Gasteiger partial charge in [-0.15, -0.1) is 0 Å². The molecule has 0 radical (unpaired) electrons. The Labute approximate surface area is 103 Å². The number of hydrogen-bond acceptors (Lipinski definition) is 2. The zero-order valence-corrected chi connectivity index (χ0v) is 11.4. The molecule has 0 spiro atoms. The molecule has 2 heteroatoms.